The van der Waals surface area contributed by atoms with Gasteiger partial charge in [-0.05, 0) is 37.8 Å². The first kappa shape index (κ1) is 13.1. The number of hydrogen-bond acceptors (Lipinski definition) is 4. The van der Waals surface area contributed by atoms with Gasteiger partial charge in [0.25, 0.3) is 0 Å². The third kappa shape index (κ3) is 2.82. The van der Waals surface area contributed by atoms with Gasteiger partial charge < -0.3 is 10.1 Å². The number of hydrogen-bond donors (Lipinski definition) is 1. The third-order valence-electron chi connectivity index (χ3n) is 3.89. The molecule has 0 radical (unpaired) electrons. The number of benzene rings is 1. The zero-order valence-corrected chi connectivity index (χ0v) is 11.7. The van der Waals surface area contributed by atoms with Gasteiger partial charge in [-0.1, -0.05) is 17.3 Å². The Bertz CT molecular complexity index is 541. The number of nitrogens with zero attached hydrogens (tertiary/aromatic N) is 3. The van der Waals surface area contributed by atoms with E-state index in [1.54, 1.807) is 18.0 Å². The van der Waals surface area contributed by atoms with Gasteiger partial charge in [0, 0.05) is 13.2 Å². The predicted molar refractivity (Wildman–Crippen MR) is 78.0 cm³/mol. The predicted octanol–water partition coefficient (Wildman–Crippen LogP) is 2.64. The lowest BCUT2D eigenvalue weighted by atomic mass is 9.92. The SMILES string of the molecule is COC1CCCC(Nc2ccccc2-n2ccnn2)C1. The molecule has 1 aliphatic rings. The van der Waals surface area contributed by atoms with Crippen molar-refractivity contribution >= 4 is 5.69 Å². The van der Waals surface area contributed by atoms with Crippen LogP contribution in [0.15, 0.2) is 36.7 Å². The molecule has 1 aromatic carbocycles. The maximum atomic E-state index is 5.49. The van der Waals surface area contributed by atoms with Crippen LogP contribution in [0, 0.1) is 0 Å². The van der Waals surface area contributed by atoms with Crippen LogP contribution < -0.4 is 5.32 Å². The van der Waals surface area contributed by atoms with Crippen LogP contribution in [-0.4, -0.2) is 34.2 Å². The largest absolute Gasteiger partial charge is 0.381 e. The van der Waals surface area contributed by atoms with Gasteiger partial charge in [-0.2, -0.15) is 0 Å². The molecule has 1 fully saturated rings. The topological polar surface area (TPSA) is 52.0 Å². The molecule has 1 aromatic heterocycles. The smallest absolute Gasteiger partial charge is 0.0894 e. The highest BCUT2D eigenvalue weighted by molar-refractivity contribution is 5.61. The van der Waals surface area contributed by atoms with E-state index in [1.165, 1.54) is 19.3 Å². The van der Waals surface area contributed by atoms with Gasteiger partial charge >= 0.3 is 0 Å². The van der Waals surface area contributed by atoms with Crippen LogP contribution in [0.1, 0.15) is 25.7 Å². The van der Waals surface area contributed by atoms with Crippen LogP contribution >= 0.6 is 0 Å². The van der Waals surface area contributed by atoms with Crippen LogP contribution in [0.5, 0.6) is 0 Å². The fourth-order valence-electron chi connectivity index (χ4n) is 2.84. The van der Waals surface area contributed by atoms with E-state index in [0.717, 1.165) is 17.8 Å². The summed E-state index contributed by atoms with van der Waals surface area (Å²) in [6.45, 7) is 0. The normalized spacial score (nSPS) is 22.6. The Morgan fingerprint density at radius 3 is 3.00 bits per heavy atom. The summed E-state index contributed by atoms with van der Waals surface area (Å²) in [6, 6.07) is 8.65. The van der Waals surface area contributed by atoms with Crippen molar-refractivity contribution in [3.8, 4) is 5.69 Å². The number of ether oxygens (including phenoxy) is 1. The average molecular weight is 272 g/mol. The zero-order valence-electron chi connectivity index (χ0n) is 11.7. The van der Waals surface area contributed by atoms with Crippen molar-refractivity contribution < 1.29 is 4.74 Å². The molecule has 1 saturated carbocycles. The maximum absolute atomic E-state index is 5.49. The summed E-state index contributed by atoms with van der Waals surface area (Å²) in [5.41, 5.74) is 2.13. The van der Waals surface area contributed by atoms with Gasteiger partial charge in [0.05, 0.1) is 29.9 Å². The van der Waals surface area contributed by atoms with E-state index in [2.05, 4.69) is 21.7 Å². The van der Waals surface area contributed by atoms with Crippen molar-refractivity contribution in [2.24, 2.45) is 0 Å². The van der Waals surface area contributed by atoms with Crippen LogP contribution in [0.25, 0.3) is 5.69 Å². The molecular weight excluding hydrogens is 252 g/mol. The van der Waals surface area contributed by atoms with Crippen LogP contribution in [-0.2, 0) is 4.74 Å². The Hall–Kier alpha value is -1.88. The minimum Gasteiger partial charge on any atom is -0.381 e. The number of methoxy groups -OCH3 is 1. The number of anilines is 1. The molecule has 106 valence electrons. The quantitative estimate of drug-likeness (QED) is 0.929. The Labute approximate surface area is 118 Å². The first-order valence-corrected chi connectivity index (χ1v) is 7.12. The van der Waals surface area contributed by atoms with Gasteiger partial charge in [0.2, 0.25) is 0 Å². The second-order valence-corrected chi connectivity index (χ2v) is 5.23. The minimum atomic E-state index is 0.375. The Balaban J connectivity index is 1.77. The van der Waals surface area contributed by atoms with Gasteiger partial charge in [-0.3, -0.25) is 0 Å². The van der Waals surface area contributed by atoms with E-state index in [9.17, 15) is 0 Å². The van der Waals surface area contributed by atoms with Crippen molar-refractivity contribution in [1.29, 1.82) is 0 Å². The molecule has 5 nitrogen and oxygen atoms in total. The Kier molecular flexibility index (Phi) is 3.97. The molecule has 3 rings (SSSR count). The molecule has 0 amide bonds. The molecule has 2 unspecified atom stereocenters. The van der Waals surface area contributed by atoms with Crippen molar-refractivity contribution in [2.75, 3.05) is 12.4 Å². The summed E-state index contributed by atoms with van der Waals surface area (Å²) in [5.74, 6) is 0. The minimum absolute atomic E-state index is 0.375. The molecule has 1 aliphatic carbocycles. The van der Waals surface area contributed by atoms with Gasteiger partial charge in [0.1, 0.15) is 0 Å². The molecule has 1 heterocycles. The summed E-state index contributed by atoms with van der Waals surface area (Å²) >= 11 is 0. The van der Waals surface area contributed by atoms with Crippen molar-refractivity contribution in [3.63, 3.8) is 0 Å². The van der Waals surface area contributed by atoms with E-state index >= 15 is 0 Å². The second-order valence-electron chi connectivity index (χ2n) is 5.23. The summed E-state index contributed by atoms with van der Waals surface area (Å²) in [6.07, 6.45) is 8.55. The van der Waals surface area contributed by atoms with Gasteiger partial charge in [0.15, 0.2) is 0 Å². The van der Waals surface area contributed by atoms with E-state index in [0.29, 0.717) is 12.1 Å². The highest BCUT2D eigenvalue weighted by Crippen LogP contribution is 2.26. The summed E-state index contributed by atoms with van der Waals surface area (Å²) < 4.78 is 7.28. The van der Waals surface area contributed by atoms with E-state index in [-0.39, 0.29) is 0 Å². The van der Waals surface area contributed by atoms with E-state index in [4.69, 9.17) is 4.74 Å². The molecule has 0 bridgehead atoms. The summed E-state index contributed by atoms with van der Waals surface area (Å²) in [5, 5.41) is 11.6. The molecule has 2 aromatic rings. The van der Waals surface area contributed by atoms with Gasteiger partial charge in [-0.15, -0.1) is 5.10 Å². The zero-order chi connectivity index (χ0) is 13.8. The van der Waals surface area contributed by atoms with Crippen LogP contribution in [0.2, 0.25) is 0 Å². The Morgan fingerprint density at radius 2 is 2.20 bits per heavy atom. The summed E-state index contributed by atoms with van der Waals surface area (Å²) in [7, 11) is 1.80. The van der Waals surface area contributed by atoms with E-state index in [1.807, 2.05) is 24.4 Å². The standard InChI is InChI=1S/C15H20N4O/c1-20-13-6-4-5-12(11-13)17-14-7-2-3-8-15(14)19-10-9-16-18-19/h2-3,7-10,12-13,17H,4-6,11H2,1H3. The molecule has 1 N–H and O–H groups in total. The monoisotopic (exact) mass is 272 g/mol. The van der Waals surface area contributed by atoms with Crippen molar-refractivity contribution in [3.05, 3.63) is 36.7 Å². The lowest BCUT2D eigenvalue weighted by Gasteiger charge is -2.30. The van der Waals surface area contributed by atoms with Gasteiger partial charge in [-0.25, -0.2) is 4.68 Å². The van der Waals surface area contributed by atoms with Crippen molar-refractivity contribution in [1.82, 2.24) is 15.0 Å². The average Bonchev–Trinajstić information content (AvgIpc) is 3.02. The van der Waals surface area contributed by atoms with Crippen LogP contribution in [0.3, 0.4) is 0 Å². The fraction of sp³-hybridized carbons (Fsp3) is 0.467. The second kappa shape index (κ2) is 6.05. The molecule has 20 heavy (non-hydrogen) atoms. The highest BCUT2D eigenvalue weighted by Gasteiger charge is 2.22. The molecule has 5 heteroatoms. The number of nitrogens with one attached hydrogen (secondary N) is 1. The highest BCUT2D eigenvalue weighted by atomic mass is 16.5. The maximum Gasteiger partial charge on any atom is 0.0894 e. The van der Waals surface area contributed by atoms with Crippen molar-refractivity contribution in [2.45, 2.75) is 37.8 Å². The summed E-state index contributed by atoms with van der Waals surface area (Å²) in [4.78, 5) is 0. The first-order chi connectivity index (χ1) is 9.86. The lowest BCUT2D eigenvalue weighted by Crippen LogP contribution is -2.31. The third-order valence-corrected chi connectivity index (χ3v) is 3.89. The Morgan fingerprint density at radius 1 is 1.30 bits per heavy atom. The number of para-hydroxylation sites is 2. The molecular formula is C15H20N4O. The van der Waals surface area contributed by atoms with Crippen LogP contribution in [0.4, 0.5) is 5.69 Å². The fourth-order valence-corrected chi connectivity index (χ4v) is 2.84. The lowest BCUT2D eigenvalue weighted by molar-refractivity contribution is 0.0669. The number of aromatic nitrogens is 3. The molecule has 0 spiro atoms. The van der Waals surface area contributed by atoms with E-state index < -0.39 is 0 Å². The number of rotatable bonds is 4. The molecule has 2 atom stereocenters. The molecule has 0 aliphatic heterocycles. The molecule has 0 saturated heterocycles. The first-order valence-electron chi connectivity index (χ1n) is 7.12.